The fourth-order valence-corrected chi connectivity index (χ4v) is 3.63. The number of nitrogens with zero attached hydrogens (tertiary/aromatic N) is 3. The van der Waals surface area contributed by atoms with Gasteiger partial charge in [-0.15, -0.1) is 0 Å². The molecule has 2 atom stereocenters. The number of carbonyl (C=O) groups excluding carboxylic acids is 1. The van der Waals surface area contributed by atoms with Crippen LogP contribution in [0.4, 0.5) is 0 Å². The molecule has 7 nitrogen and oxygen atoms in total. The van der Waals surface area contributed by atoms with Crippen molar-refractivity contribution in [2.24, 2.45) is 5.92 Å². The number of benzene rings is 1. The van der Waals surface area contributed by atoms with Crippen LogP contribution in [0.25, 0.3) is 0 Å². The summed E-state index contributed by atoms with van der Waals surface area (Å²) in [5, 5.41) is 14.0. The van der Waals surface area contributed by atoms with Crippen molar-refractivity contribution < 1.29 is 19.4 Å². The zero-order valence-electron chi connectivity index (χ0n) is 15.2. The normalized spacial score (nSPS) is 19.6. The summed E-state index contributed by atoms with van der Waals surface area (Å²) >= 11 is 0. The number of rotatable bonds is 5. The van der Waals surface area contributed by atoms with Crippen molar-refractivity contribution in [1.29, 1.82) is 0 Å². The molecule has 2 heterocycles. The van der Waals surface area contributed by atoms with E-state index in [4.69, 9.17) is 4.74 Å². The van der Waals surface area contributed by atoms with E-state index in [1.165, 1.54) is 0 Å². The Morgan fingerprint density at radius 1 is 1.31 bits per heavy atom. The molecule has 26 heavy (non-hydrogen) atoms. The fourth-order valence-electron chi connectivity index (χ4n) is 3.63. The molecular weight excluding hydrogens is 334 g/mol. The maximum atomic E-state index is 13.0. The third-order valence-corrected chi connectivity index (χ3v) is 4.88. The number of aliphatic carboxylic acids is 1. The summed E-state index contributed by atoms with van der Waals surface area (Å²) in [7, 11) is 1.56. The van der Waals surface area contributed by atoms with Crippen molar-refractivity contribution >= 4 is 11.9 Å². The van der Waals surface area contributed by atoms with Crippen LogP contribution in [0.5, 0.6) is 5.75 Å². The number of likely N-dealkylation sites (tertiary alicyclic amines) is 1. The van der Waals surface area contributed by atoms with Crippen LogP contribution >= 0.6 is 0 Å². The van der Waals surface area contributed by atoms with Gasteiger partial charge in [0, 0.05) is 25.6 Å². The minimum Gasteiger partial charge on any atom is -0.496 e. The predicted molar refractivity (Wildman–Crippen MR) is 95.4 cm³/mol. The van der Waals surface area contributed by atoms with Crippen molar-refractivity contribution in [2.45, 2.75) is 26.3 Å². The number of ether oxygens (including phenoxy) is 1. The number of aryl methyl sites for hydroxylation is 2. The second-order valence-electron chi connectivity index (χ2n) is 6.49. The zero-order chi connectivity index (χ0) is 18.8. The number of carboxylic acid groups (broad SMARTS) is 1. The Kier molecular flexibility index (Phi) is 4.97. The van der Waals surface area contributed by atoms with E-state index in [2.05, 4.69) is 5.10 Å². The third kappa shape index (κ3) is 3.16. The number of aromatic nitrogens is 2. The van der Waals surface area contributed by atoms with Gasteiger partial charge in [0.25, 0.3) is 5.91 Å². The summed E-state index contributed by atoms with van der Waals surface area (Å²) in [6.45, 7) is 4.85. The molecule has 3 rings (SSSR count). The Hall–Kier alpha value is -2.83. The zero-order valence-corrected chi connectivity index (χ0v) is 15.2. The van der Waals surface area contributed by atoms with Gasteiger partial charge < -0.3 is 14.7 Å². The highest BCUT2D eigenvalue weighted by molar-refractivity contribution is 5.93. The SMILES string of the molecule is CCn1nc(C)cc1C(=O)N1C[C@@H](C(=O)O)[C@H](c2ccccc2OC)C1. The average Bonchev–Trinajstić information content (AvgIpc) is 3.24. The summed E-state index contributed by atoms with van der Waals surface area (Å²) < 4.78 is 7.05. The number of carboxylic acids is 1. The number of methoxy groups -OCH3 is 1. The summed E-state index contributed by atoms with van der Waals surface area (Å²) in [4.78, 5) is 26.4. The highest BCUT2D eigenvalue weighted by Gasteiger charge is 2.42. The molecule has 0 aliphatic carbocycles. The molecule has 0 bridgehead atoms. The molecule has 1 amide bonds. The summed E-state index contributed by atoms with van der Waals surface area (Å²) in [6, 6.07) is 9.13. The van der Waals surface area contributed by atoms with Gasteiger partial charge in [-0.1, -0.05) is 18.2 Å². The van der Waals surface area contributed by atoms with E-state index in [-0.39, 0.29) is 18.4 Å². The van der Waals surface area contributed by atoms with Gasteiger partial charge in [0.2, 0.25) is 0 Å². The second kappa shape index (κ2) is 7.19. The number of para-hydroxylation sites is 1. The molecule has 0 spiro atoms. The topological polar surface area (TPSA) is 84.7 Å². The van der Waals surface area contributed by atoms with E-state index < -0.39 is 11.9 Å². The monoisotopic (exact) mass is 357 g/mol. The van der Waals surface area contributed by atoms with Crippen molar-refractivity contribution in [3.63, 3.8) is 0 Å². The largest absolute Gasteiger partial charge is 0.496 e. The molecule has 1 aromatic carbocycles. The molecule has 7 heteroatoms. The molecule has 1 N–H and O–H groups in total. The van der Waals surface area contributed by atoms with Crippen LogP contribution in [0.15, 0.2) is 30.3 Å². The van der Waals surface area contributed by atoms with Gasteiger partial charge in [-0.25, -0.2) is 0 Å². The third-order valence-electron chi connectivity index (χ3n) is 4.88. The maximum absolute atomic E-state index is 13.0. The fraction of sp³-hybridized carbons (Fsp3) is 0.421. The number of hydrogen-bond donors (Lipinski definition) is 1. The maximum Gasteiger partial charge on any atom is 0.308 e. The van der Waals surface area contributed by atoms with Crippen LogP contribution in [0.2, 0.25) is 0 Å². The van der Waals surface area contributed by atoms with Crippen LogP contribution < -0.4 is 4.74 Å². The Balaban J connectivity index is 1.92. The van der Waals surface area contributed by atoms with E-state index in [9.17, 15) is 14.7 Å². The molecule has 0 unspecified atom stereocenters. The number of amides is 1. The molecule has 1 aromatic heterocycles. The summed E-state index contributed by atoms with van der Waals surface area (Å²) in [5.41, 5.74) is 2.08. The predicted octanol–water partition coefficient (Wildman–Crippen LogP) is 2.16. The molecule has 0 radical (unpaired) electrons. The lowest BCUT2D eigenvalue weighted by atomic mass is 9.88. The average molecular weight is 357 g/mol. The standard InChI is InChI=1S/C19H23N3O4/c1-4-22-16(9-12(2)20-22)18(23)21-10-14(15(11-21)19(24)25)13-7-5-6-8-17(13)26-3/h5-9,14-15H,4,10-11H2,1-3H3,(H,24,25)/t14-,15+/m0/s1. The number of carbonyl (C=O) groups is 2. The molecular formula is C19H23N3O4. The first-order valence-corrected chi connectivity index (χ1v) is 8.65. The van der Waals surface area contributed by atoms with E-state index in [1.807, 2.05) is 38.1 Å². The molecule has 1 aliphatic heterocycles. The first-order chi connectivity index (χ1) is 12.5. The first kappa shape index (κ1) is 18.0. The van der Waals surface area contributed by atoms with Crippen LogP contribution in [0.1, 0.15) is 34.6 Å². The van der Waals surface area contributed by atoms with Crippen molar-refractivity contribution in [2.75, 3.05) is 20.2 Å². The van der Waals surface area contributed by atoms with Crippen LogP contribution in [0.3, 0.4) is 0 Å². The Morgan fingerprint density at radius 3 is 2.69 bits per heavy atom. The van der Waals surface area contributed by atoms with Crippen LogP contribution in [-0.2, 0) is 11.3 Å². The van der Waals surface area contributed by atoms with E-state index in [0.717, 1.165) is 11.3 Å². The van der Waals surface area contributed by atoms with Crippen LogP contribution in [0, 0.1) is 12.8 Å². The van der Waals surface area contributed by atoms with Gasteiger partial charge in [0.15, 0.2) is 0 Å². The first-order valence-electron chi connectivity index (χ1n) is 8.65. The van der Waals surface area contributed by atoms with Gasteiger partial charge in [-0.05, 0) is 31.5 Å². The lowest BCUT2D eigenvalue weighted by molar-refractivity contribution is -0.141. The Bertz CT molecular complexity index is 830. The molecule has 0 saturated carbocycles. The lowest BCUT2D eigenvalue weighted by Crippen LogP contribution is -2.31. The number of hydrogen-bond acceptors (Lipinski definition) is 4. The van der Waals surface area contributed by atoms with Gasteiger partial charge >= 0.3 is 5.97 Å². The Morgan fingerprint density at radius 2 is 2.04 bits per heavy atom. The molecule has 1 fully saturated rings. The minimum atomic E-state index is -0.906. The summed E-state index contributed by atoms with van der Waals surface area (Å²) in [5.74, 6) is -1.43. The highest BCUT2D eigenvalue weighted by atomic mass is 16.5. The van der Waals surface area contributed by atoms with Crippen molar-refractivity contribution in [3.05, 3.63) is 47.3 Å². The van der Waals surface area contributed by atoms with Gasteiger partial charge in [-0.3, -0.25) is 14.3 Å². The van der Waals surface area contributed by atoms with Gasteiger partial charge in [0.1, 0.15) is 11.4 Å². The lowest BCUT2D eigenvalue weighted by Gasteiger charge is -2.18. The molecule has 138 valence electrons. The second-order valence-corrected chi connectivity index (χ2v) is 6.49. The van der Waals surface area contributed by atoms with Gasteiger partial charge in [-0.2, -0.15) is 5.10 Å². The van der Waals surface area contributed by atoms with E-state index >= 15 is 0 Å². The van der Waals surface area contributed by atoms with Crippen molar-refractivity contribution in [1.82, 2.24) is 14.7 Å². The van der Waals surface area contributed by atoms with Crippen LogP contribution in [-0.4, -0.2) is 51.9 Å². The summed E-state index contributed by atoms with van der Waals surface area (Å²) in [6.07, 6.45) is 0. The Labute approximate surface area is 152 Å². The van der Waals surface area contributed by atoms with E-state index in [1.54, 1.807) is 22.8 Å². The molecule has 1 aliphatic rings. The quantitative estimate of drug-likeness (QED) is 0.886. The van der Waals surface area contributed by atoms with Crippen molar-refractivity contribution in [3.8, 4) is 5.75 Å². The van der Waals surface area contributed by atoms with Gasteiger partial charge in [0.05, 0.1) is 18.7 Å². The highest BCUT2D eigenvalue weighted by Crippen LogP contribution is 2.38. The smallest absolute Gasteiger partial charge is 0.308 e. The molecule has 1 saturated heterocycles. The van der Waals surface area contributed by atoms with E-state index in [0.29, 0.717) is 24.5 Å². The molecule has 2 aromatic rings. The minimum absolute atomic E-state index is 0.171.